The fourth-order valence-electron chi connectivity index (χ4n) is 2.28. The van der Waals surface area contributed by atoms with Crippen LogP contribution in [-0.4, -0.2) is 29.2 Å². The summed E-state index contributed by atoms with van der Waals surface area (Å²) in [6.45, 7) is 9.25. The summed E-state index contributed by atoms with van der Waals surface area (Å²) in [5, 5.41) is 0.207. The maximum Gasteiger partial charge on any atom is 0.491 e. The van der Waals surface area contributed by atoms with Crippen molar-refractivity contribution in [3.05, 3.63) is 34.0 Å². The van der Waals surface area contributed by atoms with Crippen LogP contribution in [-0.2, 0) is 14.1 Å². The number of carbonyl (C=O) groups is 1. The van der Waals surface area contributed by atoms with Gasteiger partial charge >= 0.3 is 7.12 Å². The predicted octanol–water partition coefficient (Wildman–Crippen LogP) is 4.36. The third kappa shape index (κ3) is 4.59. The molecule has 0 bridgehead atoms. The third-order valence-electron chi connectivity index (χ3n) is 4.47. The van der Waals surface area contributed by atoms with Gasteiger partial charge in [0.2, 0.25) is 0 Å². The fourth-order valence-corrected chi connectivity index (χ4v) is 3.08. The Hall–Kier alpha value is -1.02. The molecule has 1 fully saturated rings. The van der Waals surface area contributed by atoms with Gasteiger partial charge in [-0.25, -0.2) is 4.39 Å². The van der Waals surface area contributed by atoms with Crippen LogP contribution in [0.4, 0.5) is 10.1 Å². The minimum Gasteiger partial charge on any atom is -0.400 e. The normalized spacial score (nSPS) is 19.3. The zero-order chi connectivity index (χ0) is 19.0. The zero-order valence-electron chi connectivity index (χ0n) is 15.0. The van der Waals surface area contributed by atoms with Crippen LogP contribution in [0, 0.1) is 5.82 Å². The van der Waals surface area contributed by atoms with E-state index in [0.717, 1.165) is 17.8 Å². The molecule has 0 radical (unpaired) electrons. The van der Waals surface area contributed by atoms with Crippen molar-refractivity contribution >= 4 is 47.4 Å². The van der Waals surface area contributed by atoms with Gasteiger partial charge in [-0.1, -0.05) is 29.4 Å². The van der Waals surface area contributed by atoms with Gasteiger partial charge in [0.05, 0.1) is 16.9 Å². The summed E-state index contributed by atoms with van der Waals surface area (Å²) in [6.07, 6.45) is 1.68. The molecule has 0 aliphatic carbocycles. The molecule has 0 unspecified atom stereocenters. The molecule has 1 aliphatic heterocycles. The Bertz CT molecular complexity index is 708. The summed E-state index contributed by atoms with van der Waals surface area (Å²) >= 11 is 7.06. The number of nitrogens with two attached hydrogens (primary N) is 1. The molecule has 1 saturated heterocycles. The molecule has 0 atom stereocenters. The first kappa shape index (κ1) is 20.3. The molecule has 0 aromatic heterocycles. The van der Waals surface area contributed by atoms with Crippen molar-refractivity contribution in [1.29, 1.82) is 0 Å². The first-order valence-corrected chi connectivity index (χ1v) is 9.23. The maximum atomic E-state index is 13.9. The quantitative estimate of drug-likeness (QED) is 0.616. The van der Waals surface area contributed by atoms with Crippen LogP contribution < -0.4 is 5.73 Å². The van der Waals surface area contributed by atoms with Gasteiger partial charge in [-0.05, 0) is 45.3 Å². The molecule has 1 aromatic carbocycles. The molecule has 0 saturated carbocycles. The Balaban J connectivity index is 2.42. The largest absolute Gasteiger partial charge is 0.491 e. The van der Waals surface area contributed by atoms with Crippen molar-refractivity contribution in [3.63, 3.8) is 0 Å². The standard InChI is InChI=1S/C17H22BClFNO3S/c1-10(22)25-9-12(18-23-16(2,3)17(4,5)24-18)6-11-7-13(19)8-14(20)15(11)21/h6-8H,9,21H2,1-5H3. The van der Waals surface area contributed by atoms with Crippen LogP contribution in [0.3, 0.4) is 0 Å². The van der Waals surface area contributed by atoms with E-state index in [9.17, 15) is 9.18 Å². The van der Waals surface area contributed by atoms with Gasteiger partial charge in [-0.2, -0.15) is 0 Å². The lowest BCUT2D eigenvalue weighted by atomic mass is 9.78. The van der Waals surface area contributed by atoms with E-state index >= 15 is 0 Å². The van der Waals surface area contributed by atoms with Gasteiger partial charge in [0.15, 0.2) is 5.12 Å². The summed E-state index contributed by atoms with van der Waals surface area (Å²) in [6, 6.07) is 2.73. The zero-order valence-corrected chi connectivity index (χ0v) is 16.6. The number of benzene rings is 1. The third-order valence-corrected chi connectivity index (χ3v) is 5.57. The summed E-state index contributed by atoms with van der Waals surface area (Å²) in [5.41, 5.74) is 5.89. The molecule has 25 heavy (non-hydrogen) atoms. The van der Waals surface area contributed by atoms with Crippen molar-refractivity contribution < 1.29 is 18.5 Å². The second-order valence-electron chi connectivity index (χ2n) is 6.98. The summed E-state index contributed by atoms with van der Waals surface area (Å²) in [7, 11) is -0.654. The average Bonchev–Trinajstić information content (AvgIpc) is 2.68. The van der Waals surface area contributed by atoms with Crippen LogP contribution in [0.15, 0.2) is 17.6 Å². The first-order chi connectivity index (χ1) is 11.4. The van der Waals surface area contributed by atoms with E-state index in [4.69, 9.17) is 26.6 Å². The minimum atomic E-state index is -0.654. The van der Waals surface area contributed by atoms with Gasteiger partial charge in [0.1, 0.15) is 5.82 Å². The number of hydrogen-bond acceptors (Lipinski definition) is 5. The van der Waals surface area contributed by atoms with Crippen LogP contribution >= 0.6 is 23.4 Å². The molecule has 1 heterocycles. The SMILES string of the molecule is CC(=O)SCC(=Cc1cc(Cl)cc(F)c1N)B1OC(C)(C)C(C)(C)O1. The molecular weight excluding hydrogens is 364 g/mol. The number of thioether (sulfide) groups is 1. The van der Waals surface area contributed by atoms with E-state index in [1.807, 2.05) is 27.7 Å². The molecule has 8 heteroatoms. The van der Waals surface area contributed by atoms with Crippen LogP contribution in [0.25, 0.3) is 6.08 Å². The molecule has 1 aliphatic rings. The second-order valence-corrected chi connectivity index (χ2v) is 8.57. The van der Waals surface area contributed by atoms with Crippen LogP contribution in [0.1, 0.15) is 40.2 Å². The first-order valence-electron chi connectivity index (χ1n) is 7.87. The van der Waals surface area contributed by atoms with E-state index in [1.54, 1.807) is 12.1 Å². The van der Waals surface area contributed by atoms with Gasteiger partial charge in [0, 0.05) is 23.3 Å². The topological polar surface area (TPSA) is 61.6 Å². The number of rotatable bonds is 4. The van der Waals surface area contributed by atoms with Gasteiger partial charge in [0.25, 0.3) is 0 Å². The molecule has 4 nitrogen and oxygen atoms in total. The van der Waals surface area contributed by atoms with Gasteiger partial charge in [-0.15, -0.1) is 0 Å². The minimum absolute atomic E-state index is 0.00811. The monoisotopic (exact) mass is 385 g/mol. The van der Waals surface area contributed by atoms with Crippen molar-refractivity contribution in [2.75, 3.05) is 11.5 Å². The van der Waals surface area contributed by atoms with Crippen molar-refractivity contribution in [2.24, 2.45) is 0 Å². The molecule has 0 amide bonds. The summed E-state index contributed by atoms with van der Waals surface area (Å²) in [5.74, 6) is -0.244. The van der Waals surface area contributed by atoms with Crippen LogP contribution in [0.2, 0.25) is 5.02 Å². The van der Waals surface area contributed by atoms with E-state index in [1.165, 1.54) is 6.92 Å². The molecule has 1 aromatic rings. The van der Waals surface area contributed by atoms with Crippen LogP contribution in [0.5, 0.6) is 0 Å². The molecule has 2 N–H and O–H groups in total. The van der Waals surface area contributed by atoms with E-state index in [-0.39, 0.29) is 15.8 Å². The lowest BCUT2D eigenvalue weighted by Crippen LogP contribution is -2.41. The van der Waals surface area contributed by atoms with E-state index in [0.29, 0.717) is 16.8 Å². The Morgan fingerprint density at radius 2 is 1.88 bits per heavy atom. The summed E-state index contributed by atoms with van der Waals surface area (Å²) < 4.78 is 26.0. The lowest BCUT2D eigenvalue weighted by Gasteiger charge is -2.32. The molecule has 136 valence electrons. The summed E-state index contributed by atoms with van der Waals surface area (Å²) in [4.78, 5) is 11.4. The highest BCUT2D eigenvalue weighted by Crippen LogP contribution is 2.39. The average molecular weight is 386 g/mol. The Labute approximate surface area is 157 Å². The number of halogens is 2. The molecule has 2 rings (SSSR count). The second kappa shape index (κ2) is 7.31. The Morgan fingerprint density at radius 1 is 1.32 bits per heavy atom. The number of carbonyl (C=O) groups excluding carboxylic acids is 1. The Morgan fingerprint density at radius 3 is 2.40 bits per heavy atom. The number of nitrogen functional groups attached to an aromatic ring is 1. The van der Waals surface area contributed by atoms with Gasteiger partial charge in [-0.3, -0.25) is 4.79 Å². The highest BCUT2D eigenvalue weighted by Gasteiger charge is 2.52. The van der Waals surface area contributed by atoms with Crippen molar-refractivity contribution in [1.82, 2.24) is 0 Å². The van der Waals surface area contributed by atoms with Gasteiger partial charge < -0.3 is 15.0 Å². The molecular formula is C17H22BClFNO3S. The molecule has 0 spiro atoms. The fraction of sp³-hybridized carbons (Fsp3) is 0.471. The van der Waals surface area contributed by atoms with E-state index in [2.05, 4.69) is 0 Å². The number of anilines is 1. The van der Waals surface area contributed by atoms with Crippen molar-refractivity contribution in [3.8, 4) is 0 Å². The van der Waals surface area contributed by atoms with E-state index < -0.39 is 24.1 Å². The maximum absolute atomic E-state index is 13.9. The lowest BCUT2D eigenvalue weighted by molar-refractivity contribution is -0.109. The smallest absolute Gasteiger partial charge is 0.400 e. The van der Waals surface area contributed by atoms with Crippen molar-refractivity contribution in [2.45, 2.75) is 45.8 Å². The highest BCUT2D eigenvalue weighted by molar-refractivity contribution is 8.13. The highest BCUT2D eigenvalue weighted by atomic mass is 35.5. The number of hydrogen-bond donors (Lipinski definition) is 1. The Kier molecular flexibility index (Phi) is 5.94. The predicted molar refractivity (Wildman–Crippen MR) is 103 cm³/mol.